The first-order valence-corrected chi connectivity index (χ1v) is 7.33. The lowest BCUT2D eigenvalue weighted by atomic mass is 9.63. The Balaban J connectivity index is 2.08. The van der Waals surface area contributed by atoms with E-state index in [1.165, 1.54) is 18.8 Å². The summed E-state index contributed by atoms with van der Waals surface area (Å²) in [5.41, 5.74) is 0.748. The van der Waals surface area contributed by atoms with Gasteiger partial charge in [0, 0.05) is 6.04 Å². The molecule has 1 aromatic rings. The van der Waals surface area contributed by atoms with E-state index in [-0.39, 0.29) is 33.6 Å². The van der Waals surface area contributed by atoms with Gasteiger partial charge in [0.25, 0.3) is 5.91 Å². The lowest BCUT2D eigenvalue weighted by Crippen LogP contribution is -2.46. The van der Waals surface area contributed by atoms with Crippen LogP contribution in [0.4, 0.5) is 0 Å². The summed E-state index contributed by atoms with van der Waals surface area (Å²) in [7, 11) is 0. The highest BCUT2D eigenvalue weighted by Gasteiger charge is 2.39. The molecule has 1 heterocycles. The van der Waals surface area contributed by atoms with E-state index >= 15 is 0 Å². The Kier molecular flexibility index (Phi) is 4.05. The highest BCUT2D eigenvalue weighted by molar-refractivity contribution is 6.29. The van der Waals surface area contributed by atoms with Crippen LogP contribution >= 0.6 is 11.6 Å². The maximum absolute atomic E-state index is 12.2. The average Bonchev–Trinajstić information content (AvgIpc) is 2.24. The maximum atomic E-state index is 12.2. The van der Waals surface area contributed by atoms with Crippen LogP contribution in [-0.2, 0) is 0 Å². The van der Waals surface area contributed by atoms with Crippen molar-refractivity contribution in [2.45, 2.75) is 53.0 Å². The number of hydrogen-bond donors (Lipinski definition) is 1. The number of aromatic nitrogens is 2. The minimum absolute atomic E-state index is 0.169. The number of amides is 1. The van der Waals surface area contributed by atoms with Gasteiger partial charge < -0.3 is 5.32 Å². The minimum atomic E-state index is -0.196. The van der Waals surface area contributed by atoms with E-state index < -0.39 is 0 Å². The fourth-order valence-electron chi connectivity index (χ4n) is 3.66. The van der Waals surface area contributed by atoms with Crippen LogP contribution in [0.5, 0.6) is 0 Å². The van der Waals surface area contributed by atoms with E-state index in [0.717, 1.165) is 12.8 Å². The van der Waals surface area contributed by atoms with Crippen molar-refractivity contribution >= 4 is 17.5 Å². The van der Waals surface area contributed by atoms with E-state index in [1.807, 2.05) is 0 Å². The molecule has 1 aliphatic rings. The zero-order valence-electron chi connectivity index (χ0n) is 12.5. The molecule has 0 unspecified atom stereocenters. The summed E-state index contributed by atoms with van der Waals surface area (Å²) in [5.74, 6) is -0.196. The van der Waals surface area contributed by atoms with Crippen LogP contribution in [-0.4, -0.2) is 21.9 Å². The summed E-state index contributed by atoms with van der Waals surface area (Å²) in [4.78, 5) is 20.1. The van der Waals surface area contributed by atoms with E-state index in [0.29, 0.717) is 0 Å². The second kappa shape index (κ2) is 5.32. The van der Waals surface area contributed by atoms with E-state index in [2.05, 4.69) is 43.0 Å². The number of nitrogens with zero attached hydrogens (tertiary/aromatic N) is 2. The predicted molar refractivity (Wildman–Crippen MR) is 79.7 cm³/mol. The zero-order valence-corrected chi connectivity index (χ0v) is 13.3. The average molecular weight is 296 g/mol. The molecule has 5 heteroatoms. The van der Waals surface area contributed by atoms with Gasteiger partial charge in [-0.25, -0.2) is 4.98 Å². The molecule has 1 amide bonds. The molecular formula is C15H22ClN3O. The van der Waals surface area contributed by atoms with Crippen molar-refractivity contribution in [3.8, 4) is 0 Å². The quantitative estimate of drug-likeness (QED) is 0.909. The number of carbonyl (C=O) groups excluding carboxylic acids is 1. The number of rotatable bonds is 2. The van der Waals surface area contributed by atoms with Gasteiger partial charge in [-0.1, -0.05) is 39.3 Å². The minimum Gasteiger partial charge on any atom is -0.348 e. The van der Waals surface area contributed by atoms with Crippen molar-refractivity contribution in [3.05, 3.63) is 23.2 Å². The van der Waals surface area contributed by atoms with E-state index in [4.69, 9.17) is 11.6 Å². The van der Waals surface area contributed by atoms with Gasteiger partial charge in [-0.05, 0) is 30.1 Å². The molecular weight excluding hydrogens is 274 g/mol. The van der Waals surface area contributed by atoms with Crippen LogP contribution in [0.3, 0.4) is 0 Å². The van der Waals surface area contributed by atoms with Gasteiger partial charge in [-0.3, -0.25) is 9.78 Å². The standard InChI is InChI=1S/C15H22ClN3O/c1-14(2)5-10(6-15(3,4)9-14)18-13(20)11-7-17-8-12(16)19-11/h7-8,10H,5-6,9H2,1-4H3,(H,18,20). The molecule has 1 aromatic heterocycles. The molecule has 0 aromatic carbocycles. The van der Waals surface area contributed by atoms with Gasteiger partial charge in [0.1, 0.15) is 10.8 Å². The van der Waals surface area contributed by atoms with Crippen LogP contribution in [0, 0.1) is 10.8 Å². The molecule has 110 valence electrons. The third kappa shape index (κ3) is 3.92. The normalized spacial score (nSPS) is 21.4. The van der Waals surface area contributed by atoms with Gasteiger partial charge in [0.2, 0.25) is 0 Å². The van der Waals surface area contributed by atoms with Crippen molar-refractivity contribution in [3.63, 3.8) is 0 Å². The van der Waals surface area contributed by atoms with E-state index in [9.17, 15) is 4.79 Å². The van der Waals surface area contributed by atoms with Crippen LogP contribution in [0.25, 0.3) is 0 Å². The Morgan fingerprint density at radius 2 is 1.85 bits per heavy atom. The lowest BCUT2D eigenvalue weighted by molar-refractivity contribution is 0.0710. The van der Waals surface area contributed by atoms with Crippen LogP contribution < -0.4 is 5.32 Å². The first-order chi connectivity index (χ1) is 9.17. The summed E-state index contributed by atoms with van der Waals surface area (Å²) >= 11 is 5.77. The first-order valence-electron chi connectivity index (χ1n) is 6.95. The zero-order chi connectivity index (χ0) is 15.0. The Hall–Kier alpha value is -1.16. The second-order valence-electron chi connectivity index (χ2n) is 7.31. The number of hydrogen-bond acceptors (Lipinski definition) is 3. The predicted octanol–water partition coefficient (Wildman–Crippen LogP) is 3.46. The van der Waals surface area contributed by atoms with Crippen molar-refractivity contribution in [1.29, 1.82) is 0 Å². The van der Waals surface area contributed by atoms with Crippen molar-refractivity contribution in [2.24, 2.45) is 10.8 Å². The van der Waals surface area contributed by atoms with Crippen LogP contribution in [0.15, 0.2) is 12.4 Å². The van der Waals surface area contributed by atoms with Crippen LogP contribution in [0.2, 0.25) is 5.15 Å². The molecule has 0 spiro atoms. The Labute approximate surface area is 125 Å². The monoisotopic (exact) mass is 295 g/mol. The summed E-state index contributed by atoms with van der Waals surface area (Å²) in [6.07, 6.45) is 6.00. The summed E-state index contributed by atoms with van der Waals surface area (Å²) < 4.78 is 0. The van der Waals surface area contributed by atoms with Gasteiger partial charge in [-0.2, -0.15) is 0 Å². The second-order valence-corrected chi connectivity index (χ2v) is 7.70. The van der Waals surface area contributed by atoms with Crippen LogP contribution in [0.1, 0.15) is 57.4 Å². The summed E-state index contributed by atoms with van der Waals surface area (Å²) in [5, 5.41) is 3.31. The topological polar surface area (TPSA) is 54.9 Å². The van der Waals surface area contributed by atoms with Crippen molar-refractivity contribution in [1.82, 2.24) is 15.3 Å². The molecule has 0 atom stereocenters. The smallest absolute Gasteiger partial charge is 0.271 e. The number of halogens is 1. The Morgan fingerprint density at radius 3 is 2.40 bits per heavy atom. The van der Waals surface area contributed by atoms with Gasteiger partial charge in [-0.15, -0.1) is 0 Å². The van der Waals surface area contributed by atoms with E-state index in [1.54, 1.807) is 0 Å². The highest BCUT2D eigenvalue weighted by Crippen LogP contribution is 2.45. The molecule has 2 rings (SSSR count). The fraction of sp³-hybridized carbons (Fsp3) is 0.667. The number of carbonyl (C=O) groups is 1. The molecule has 1 N–H and O–H groups in total. The third-order valence-corrected chi connectivity index (χ3v) is 3.91. The molecule has 1 saturated carbocycles. The molecule has 0 bridgehead atoms. The lowest BCUT2D eigenvalue weighted by Gasteiger charge is -2.45. The molecule has 0 radical (unpaired) electrons. The van der Waals surface area contributed by atoms with Crippen molar-refractivity contribution in [2.75, 3.05) is 0 Å². The molecule has 1 aliphatic carbocycles. The SMILES string of the molecule is CC1(C)CC(NC(=O)c2cncc(Cl)n2)CC(C)(C)C1. The largest absolute Gasteiger partial charge is 0.348 e. The summed E-state index contributed by atoms with van der Waals surface area (Å²) in [6.45, 7) is 9.02. The third-order valence-electron chi connectivity index (χ3n) is 3.73. The van der Waals surface area contributed by atoms with Gasteiger partial charge in [0.15, 0.2) is 0 Å². The number of nitrogens with one attached hydrogen (secondary N) is 1. The first kappa shape index (κ1) is 15.2. The Bertz CT molecular complexity index is 498. The Morgan fingerprint density at radius 1 is 1.25 bits per heavy atom. The molecule has 4 nitrogen and oxygen atoms in total. The van der Waals surface area contributed by atoms with Gasteiger partial charge in [0.05, 0.1) is 12.4 Å². The molecule has 0 saturated heterocycles. The molecule has 1 fully saturated rings. The molecule has 0 aliphatic heterocycles. The summed E-state index contributed by atoms with van der Waals surface area (Å²) in [6, 6.07) is 0.169. The molecule has 20 heavy (non-hydrogen) atoms. The maximum Gasteiger partial charge on any atom is 0.271 e. The highest BCUT2D eigenvalue weighted by atomic mass is 35.5. The fourth-order valence-corrected chi connectivity index (χ4v) is 3.81. The van der Waals surface area contributed by atoms with Crippen molar-refractivity contribution < 1.29 is 4.79 Å². The van der Waals surface area contributed by atoms with Gasteiger partial charge >= 0.3 is 0 Å².